The molecule has 0 unspecified atom stereocenters. The van der Waals surface area contributed by atoms with Gasteiger partial charge in [-0.15, -0.1) is 0 Å². The van der Waals surface area contributed by atoms with Crippen molar-refractivity contribution in [1.82, 2.24) is 0 Å². The molecule has 1 fully saturated rings. The summed E-state index contributed by atoms with van der Waals surface area (Å²) in [5.74, 6) is 0. The minimum atomic E-state index is -0.0833. The predicted molar refractivity (Wildman–Crippen MR) is 47.0 cm³/mol. The maximum atomic E-state index is 11.5. The quantitative estimate of drug-likeness (QED) is 0.325. The van der Waals surface area contributed by atoms with Crippen LogP contribution in [0.5, 0.6) is 0 Å². The van der Waals surface area contributed by atoms with E-state index < -0.39 is 0 Å². The van der Waals surface area contributed by atoms with E-state index in [0.717, 1.165) is 12.8 Å². The molecule has 0 aromatic carbocycles. The maximum Gasteiger partial charge on any atom is 0.0883 e. The maximum absolute atomic E-state index is 11.5. The Morgan fingerprint density at radius 3 is 1.82 bits per heavy atom. The summed E-state index contributed by atoms with van der Waals surface area (Å²) < 4.78 is -0.0833. The minimum Gasteiger partial charge on any atom is -0.633 e. The van der Waals surface area contributed by atoms with Gasteiger partial charge >= 0.3 is 0 Å². The monoisotopic (exact) mass is 157 g/mol. The summed E-state index contributed by atoms with van der Waals surface area (Å²) in [5.41, 5.74) is 0. The number of nitrogens with zero attached hydrogens (tertiary/aromatic N) is 1. The molecule has 1 aliphatic rings. The average molecular weight is 157 g/mol. The molecule has 2 heteroatoms. The normalized spacial score (nSPS) is 23.2. The fourth-order valence-electron chi connectivity index (χ4n) is 1.88. The standard InChI is InChI=1S/C9H19NO/c1-10(2,11)9-7-5-3-4-6-8-9/h9H,3-8H2,1-2H3. The molecule has 1 aliphatic carbocycles. The van der Waals surface area contributed by atoms with Crippen molar-refractivity contribution < 1.29 is 4.65 Å². The number of quaternary nitrogens is 1. The van der Waals surface area contributed by atoms with E-state index in [9.17, 15) is 5.21 Å². The molecule has 2 nitrogen and oxygen atoms in total. The molecule has 1 saturated carbocycles. The molecule has 0 atom stereocenters. The molecule has 0 saturated heterocycles. The fourth-order valence-corrected chi connectivity index (χ4v) is 1.88. The summed E-state index contributed by atoms with van der Waals surface area (Å²) in [4.78, 5) is 0. The van der Waals surface area contributed by atoms with Gasteiger partial charge in [-0.25, -0.2) is 0 Å². The SMILES string of the molecule is C[N+](C)([O-])C1CCCCCC1. The fraction of sp³-hybridized carbons (Fsp3) is 1.00. The van der Waals surface area contributed by atoms with E-state index in [4.69, 9.17) is 0 Å². The predicted octanol–water partition coefficient (Wildman–Crippen LogP) is 2.28. The summed E-state index contributed by atoms with van der Waals surface area (Å²) >= 11 is 0. The molecule has 0 heterocycles. The first kappa shape index (κ1) is 9.01. The molecule has 0 radical (unpaired) electrons. The van der Waals surface area contributed by atoms with Gasteiger partial charge in [-0.05, 0) is 25.7 Å². The summed E-state index contributed by atoms with van der Waals surface area (Å²) in [6, 6.07) is 0.373. The first-order valence-electron chi connectivity index (χ1n) is 4.65. The Bertz CT molecular complexity index is 109. The second-order valence-electron chi connectivity index (χ2n) is 4.08. The highest BCUT2D eigenvalue weighted by Gasteiger charge is 2.21. The molecular formula is C9H19NO. The zero-order valence-corrected chi connectivity index (χ0v) is 7.68. The number of hydroxylamine groups is 3. The van der Waals surface area contributed by atoms with Crippen LogP contribution < -0.4 is 0 Å². The van der Waals surface area contributed by atoms with E-state index in [1.165, 1.54) is 25.7 Å². The molecule has 11 heavy (non-hydrogen) atoms. The first-order chi connectivity index (χ1) is 5.11. The van der Waals surface area contributed by atoms with E-state index in [0.29, 0.717) is 6.04 Å². The van der Waals surface area contributed by atoms with Crippen LogP contribution in [-0.4, -0.2) is 24.8 Å². The lowest BCUT2D eigenvalue weighted by atomic mass is 10.1. The second kappa shape index (κ2) is 3.55. The molecular weight excluding hydrogens is 138 g/mol. The van der Waals surface area contributed by atoms with Crippen molar-refractivity contribution in [2.75, 3.05) is 14.1 Å². The van der Waals surface area contributed by atoms with Crippen LogP contribution in [-0.2, 0) is 0 Å². The van der Waals surface area contributed by atoms with Crippen molar-refractivity contribution in [2.45, 2.75) is 44.6 Å². The van der Waals surface area contributed by atoms with E-state index in [1.54, 1.807) is 14.1 Å². The summed E-state index contributed by atoms with van der Waals surface area (Å²) in [5, 5.41) is 11.5. The van der Waals surface area contributed by atoms with Crippen molar-refractivity contribution in [3.05, 3.63) is 5.21 Å². The van der Waals surface area contributed by atoms with Gasteiger partial charge in [0.05, 0.1) is 20.1 Å². The highest BCUT2D eigenvalue weighted by Crippen LogP contribution is 2.23. The zero-order chi connectivity index (χ0) is 8.32. The first-order valence-corrected chi connectivity index (χ1v) is 4.65. The molecule has 0 aromatic heterocycles. The lowest BCUT2D eigenvalue weighted by Crippen LogP contribution is -2.42. The van der Waals surface area contributed by atoms with Gasteiger partial charge in [0.25, 0.3) is 0 Å². The van der Waals surface area contributed by atoms with Crippen molar-refractivity contribution >= 4 is 0 Å². The van der Waals surface area contributed by atoms with Crippen molar-refractivity contribution in [2.24, 2.45) is 0 Å². The summed E-state index contributed by atoms with van der Waals surface area (Å²) in [6.07, 6.45) is 7.45. The van der Waals surface area contributed by atoms with Gasteiger partial charge in [0.15, 0.2) is 0 Å². The molecule has 0 bridgehead atoms. The van der Waals surface area contributed by atoms with Gasteiger partial charge in [0, 0.05) is 0 Å². The van der Waals surface area contributed by atoms with Crippen molar-refractivity contribution in [3.8, 4) is 0 Å². The van der Waals surface area contributed by atoms with Gasteiger partial charge in [0.1, 0.15) is 0 Å². The van der Waals surface area contributed by atoms with Crippen LogP contribution in [0.3, 0.4) is 0 Å². The van der Waals surface area contributed by atoms with Crippen molar-refractivity contribution in [3.63, 3.8) is 0 Å². The largest absolute Gasteiger partial charge is 0.633 e. The molecule has 1 rings (SSSR count). The van der Waals surface area contributed by atoms with Crippen LogP contribution >= 0.6 is 0 Å². The van der Waals surface area contributed by atoms with Crippen LogP contribution in [0, 0.1) is 5.21 Å². The number of rotatable bonds is 1. The van der Waals surface area contributed by atoms with Gasteiger partial charge < -0.3 is 9.85 Å². The highest BCUT2D eigenvalue weighted by molar-refractivity contribution is 4.64. The molecule has 0 aliphatic heterocycles. The van der Waals surface area contributed by atoms with Crippen LogP contribution in [0.15, 0.2) is 0 Å². The van der Waals surface area contributed by atoms with E-state index in [-0.39, 0.29) is 4.65 Å². The smallest absolute Gasteiger partial charge is 0.0883 e. The highest BCUT2D eigenvalue weighted by atomic mass is 16.5. The number of hydrogen-bond acceptors (Lipinski definition) is 1. The lowest BCUT2D eigenvalue weighted by molar-refractivity contribution is -0.867. The van der Waals surface area contributed by atoms with Gasteiger partial charge in [-0.3, -0.25) is 0 Å². The van der Waals surface area contributed by atoms with Crippen LogP contribution in [0.2, 0.25) is 0 Å². The Balaban J connectivity index is 2.43. The van der Waals surface area contributed by atoms with Crippen molar-refractivity contribution in [1.29, 1.82) is 0 Å². The van der Waals surface area contributed by atoms with Gasteiger partial charge in [0.2, 0.25) is 0 Å². The molecule has 66 valence electrons. The summed E-state index contributed by atoms with van der Waals surface area (Å²) in [6.45, 7) is 0. The van der Waals surface area contributed by atoms with E-state index >= 15 is 0 Å². The summed E-state index contributed by atoms with van der Waals surface area (Å²) in [7, 11) is 3.55. The Kier molecular flexibility index (Phi) is 2.90. The Hall–Kier alpha value is -0.0800. The van der Waals surface area contributed by atoms with E-state index in [2.05, 4.69) is 0 Å². The zero-order valence-electron chi connectivity index (χ0n) is 7.68. The molecule has 0 aromatic rings. The van der Waals surface area contributed by atoms with Crippen LogP contribution in [0.1, 0.15) is 38.5 Å². The third-order valence-electron chi connectivity index (χ3n) is 2.70. The Morgan fingerprint density at radius 2 is 1.45 bits per heavy atom. The number of hydrogen-bond donors (Lipinski definition) is 0. The molecule has 0 amide bonds. The minimum absolute atomic E-state index is 0.0833. The average Bonchev–Trinajstić information content (AvgIpc) is 2.10. The topological polar surface area (TPSA) is 23.1 Å². The Morgan fingerprint density at radius 1 is 1.00 bits per heavy atom. The molecule has 0 N–H and O–H groups in total. The molecule has 0 spiro atoms. The lowest BCUT2D eigenvalue weighted by Gasteiger charge is -2.41. The van der Waals surface area contributed by atoms with E-state index in [1.807, 2.05) is 0 Å². The third-order valence-corrected chi connectivity index (χ3v) is 2.70. The Labute approximate surface area is 69.4 Å². The second-order valence-corrected chi connectivity index (χ2v) is 4.08. The van der Waals surface area contributed by atoms with Gasteiger partial charge in [-0.2, -0.15) is 0 Å². The third kappa shape index (κ3) is 2.80. The van der Waals surface area contributed by atoms with Crippen LogP contribution in [0.25, 0.3) is 0 Å². The van der Waals surface area contributed by atoms with Crippen LogP contribution in [0.4, 0.5) is 0 Å². The van der Waals surface area contributed by atoms with Gasteiger partial charge in [-0.1, -0.05) is 12.8 Å².